The van der Waals surface area contributed by atoms with Crippen molar-refractivity contribution in [3.63, 3.8) is 0 Å². The van der Waals surface area contributed by atoms with E-state index in [1.165, 1.54) is 12.8 Å². The molecule has 2 rings (SSSR count). The number of likely N-dealkylation sites (tertiary alicyclic amines) is 1. The second kappa shape index (κ2) is 4.92. The van der Waals surface area contributed by atoms with Gasteiger partial charge < -0.3 is 15.8 Å². The van der Waals surface area contributed by atoms with Gasteiger partial charge in [0.05, 0.1) is 17.7 Å². The number of hydrogen-bond donors (Lipinski definition) is 2. The van der Waals surface area contributed by atoms with Gasteiger partial charge in [-0.15, -0.1) is 0 Å². The Morgan fingerprint density at radius 2 is 2.06 bits per heavy atom. The lowest BCUT2D eigenvalue weighted by atomic mass is 9.97. The number of morpholine rings is 1. The van der Waals surface area contributed by atoms with Crippen LogP contribution in [0.3, 0.4) is 0 Å². The van der Waals surface area contributed by atoms with Crippen LogP contribution in [0, 0.1) is 0 Å². The maximum atomic E-state index is 11.4. The summed E-state index contributed by atoms with van der Waals surface area (Å²) in [4.78, 5) is 13.8. The van der Waals surface area contributed by atoms with Crippen LogP contribution >= 0.6 is 0 Å². The third-order valence-electron chi connectivity index (χ3n) is 4.14. The fourth-order valence-electron chi connectivity index (χ4n) is 2.63. The van der Waals surface area contributed by atoms with E-state index in [9.17, 15) is 4.79 Å². The summed E-state index contributed by atoms with van der Waals surface area (Å²) < 4.78 is 5.78. The molecule has 5 nitrogen and oxygen atoms in total. The first-order valence-electron chi connectivity index (χ1n) is 6.40. The molecule has 17 heavy (non-hydrogen) atoms. The minimum Gasteiger partial charge on any atom is -0.372 e. The smallest absolute Gasteiger partial charge is 0.237 e. The molecule has 0 aromatic heterocycles. The quantitative estimate of drug-likeness (QED) is 0.693. The lowest BCUT2D eigenvalue weighted by Crippen LogP contribution is -2.54. The van der Waals surface area contributed by atoms with Crippen LogP contribution in [0.2, 0.25) is 0 Å². The van der Waals surface area contributed by atoms with Gasteiger partial charge in [0.1, 0.15) is 0 Å². The van der Waals surface area contributed by atoms with Crippen molar-refractivity contribution in [1.29, 1.82) is 0 Å². The molecule has 0 aromatic carbocycles. The third kappa shape index (κ3) is 2.78. The van der Waals surface area contributed by atoms with Crippen LogP contribution in [0.25, 0.3) is 0 Å². The summed E-state index contributed by atoms with van der Waals surface area (Å²) in [5.74, 6) is -0.281. The average Bonchev–Trinajstić information content (AvgIpc) is 2.65. The number of nitrogens with two attached hydrogens (primary N) is 1. The number of ether oxygens (including phenoxy) is 1. The number of likely N-dealkylation sites (N-methyl/N-ethyl adjacent to an activating group) is 1. The SMILES string of the molecule is CNC(C)(CCN1CC2CCC(C1)O2)C(N)=O. The highest BCUT2D eigenvalue weighted by Crippen LogP contribution is 2.26. The number of nitrogens with one attached hydrogen (secondary N) is 1. The number of carbonyl (C=O) groups excluding carboxylic acids is 1. The van der Waals surface area contributed by atoms with Crippen molar-refractivity contribution in [3.05, 3.63) is 0 Å². The van der Waals surface area contributed by atoms with Crippen molar-refractivity contribution in [1.82, 2.24) is 10.2 Å². The monoisotopic (exact) mass is 241 g/mol. The Labute approximate surface area is 103 Å². The fraction of sp³-hybridized carbons (Fsp3) is 0.917. The molecule has 3 unspecified atom stereocenters. The molecular weight excluding hydrogens is 218 g/mol. The van der Waals surface area contributed by atoms with E-state index in [0.717, 1.165) is 26.1 Å². The van der Waals surface area contributed by atoms with E-state index in [-0.39, 0.29) is 5.91 Å². The number of carbonyl (C=O) groups is 1. The van der Waals surface area contributed by atoms with E-state index in [1.807, 2.05) is 6.92 Å². The molecule has 2 saturated heterocycles. The summed E-state index contributed by atoms with van der Waals surface area (Å²) in [6, 6.07) is 0. The van der Waals surface area contributed by atoms with Crippen molar-refractivity contribution in [2.75, 3.05) is 26.7 Å². The average molecular weight is 241 g/mol. The van der Waals surface area contributed by atoms with Crippen LogP contribution in [-0.4, -0.2) is 55.2 Å². The van der Waals surface area contributed by atoms with E-state index in [0.29, 0.717) is 12.2 Å². The summed E-state index contributed by atoms with van der Waals surface area (Å²) in [6.07, 6.45) is 3.92. The van der Waals surface area contributed by atoms with Gasteiger partial charge in [-0.25, -0.2) is 0 Å². The topological polar surface area (TPSA) is 67.6 Å². The molecule has 5 heteroatoms. The summed E-state index contributed by atoms with van der Waals surface area (Å²) >= 11 is 0. The minimum absolute atomic E-state index is 0.281. The minimum atomic E-state index is -0.600. The Morgan fingerprint density at radius 3 is 2.53 bits per heavy atom. The van der Waals surface area contributed by atoms with Crippen LogP contribution in [0.1, 0.15) is 26.2 Å². The first-order valence-corrected chi connectivity index (χ1v) is 6.40. The fourth-order valence-corrected chi connectivity index (χ4v) is 2.63. The van der Waals surface area contributed by atoms with Gasteiger partial charge in [-0.3, -0.25) is 9.69 Å². The normalized spacial score (nSPS) is 32.4. The van der Waals surface area contributed by atoms with Gasteiger partial charge in [0.15, 0.2) is 0 Å². The molecule has 0 aliphatic carbocycles. The predicted molar refractivity (Wildman–Crippen MR) is 65.6 cm³/mol. The molecule has 0 saturated carbocycles. The van der Waals surface area contributed by atoms with Crippen LogP contribution in [0.5, 0.6) is 0 Å². The molecule has 2 heterocycles. The van der Waals surface area contributed by atoms with Gasteiger partial charge in [0.2, 0.25) is 5.91 Å². The number of fused-ring (bicyclic) bond motifs is 2. The van der Waals surface area contributed by atoms with Gasteiger partial charge in [-0.1, -0.05) is 0 Å². The van der Waals surface area contributed by atoms with Gasteiger partial charge >= 0.3 is 0 Å². The molecule has 0 aromatic rings. The largest absolute Gasteiger partial charge is 0.372 e. The van der Waals surface area contributed by atoms with Crippen LogP contribution in [-0.2, 0) is 9.53 Å². The Kier molecular flexibility index (Phi) is 3.70. The Balaban J connectivity index is 1.83. The highest BCUT2D eigenvalue weighted by Gasteiger charge is 2.35. The number of hydrogen-bond acceptors (Lipinski definition) is 4. The van der Waals surface area contributed by atoms with Gasteiger partial charge in [0, 0.05) is 19.6 Å². The van der Waals surface area contributed by atoms with Gasteiger partial charge in [-0.2, -0.15) is 0 Å². The number of nitrogens with zero attached hydrogens (tertiary/aromatic N) is 1. The molecule has 98 valence electrons. The summed E-state index contributed by atoms with van der Waals surface area (Å²) in [7, 11) is 1.79. The number of rotatable bonds is 5. The van der Waals surface area contributed by atoms with Crippen molar-refractivity contribution in [2.24, 2.45) is 5.73 Å². The summed E-state index contributed by atoms with van der Waals surface area (Å²) in [5, 5.41) is 3.02. The Hall–Kier alpha value is -0.650. The molecule has 3 atom stereocenters. The second-order valence-corrected chi connectivity index (χ2v) is 5.41. The molecule has 0 spiro atoms. The van der Waals surface area contributed by atoms with E-state index >= 15 is 0 Å². The standard InChI is InChI=1S/C12H23N3O2/c1-12(14-2,11(13)16)5-6-15-7-9-3-4-10(8-15)17-9/h9-10,14H,3-8H2,1-2H3,(H2,13,16). The maximum absolute atomic E-state index is 11.4. The highest BCUT2D eigenvalue weighted by molar-refractivity contribution is 5.84. The first kappa shape index (κ1) is 12.8. The Bertz CT molecular complexity index is 285. The van der Waals surface area contributed by atoms with Crippen molar-refractivity contribution in [3.8, 4) is 0 Å². The molecule has 2 bridgehead atoms. The van der Waals surface area contributed by atoms with Gasteiger partial charge in [0.25, 0.3) is 0 Å². The maximum Gasteiger partial charge on any atom is 0.237 e. The molecule has 2 aliphatic heterocycles. The lowest BCUT2D eigenvalue weighted by molar-refractivity contribution is -0.124. The molecule has 0 radical (unpaired) electrons. The van der Waals surface area contributed by atoms with E-state index in [1.54, 1.807) is 7.05 Å². The number of primary amides is 1. The Morgan fingerprint density at radius 1 is 1.47 bits per heavy atom. The first-order chi connectivity index (χ1) is 8.03. The van der Waals surface area contributed by atoms with E-state index in [2.05, 4.69) is 10.2 Å². The third-order valence-corrected chi connectivity index (χ3v) is 4.14. The highest BCUT2D eigenvalue weighted by atomic mass is 16.5. The van der Waals surface area contributed by atoms with Crippen LogP contribution in [0.15, 0.2) is 0 Å². The molecule has 3 N–H and O–H groups in total. The number of amides is 1. The zero-order chi connectivity index (χ0) is 12.5. The zero-order valence-corrected chi connectivity index (χ0v) is 10.7. The zero-order valence-electron chi connectivity index (χ0n) is 10.7. The molecule has 2 aliphatic rings. The second-order valence-electron chi connectivity index (χ2n) is 5.41. The van der Waals surface area contributed by atoms with Gasteiger partial charge in [-0.05, 0) is 33.2 Å². The summed E-state index contributed by atoms with van der Waals surface area (Å²) in [6.45, 7) is 4.76. The van der Waals surface area contributed by atoms with Crippen molar-refractivity contribution >= 4 is 5.91 Å². The molecular formula is C12H23N3O2. The van der Waals surface area contributed by atoms with E-state index in [4.69, 9.17) is 10.5 Å². The van der Waals surface area contributed by atoms with Crippen LogP contribution in [0.4, 0.5) is 0 Å². The summed E-state index contributed by atoms with van der Waals surface area (Å²) in [5.41, 5.74) is 4.82. The van der Waals surface area contributed by atoms with Crippen molar-refractivity contribution < 1.29 is 9.53 Å². The molecule has 1 amide bonds. The van der Waals surface area contributed by atoms with Crippen LogP contribution < -0.4 is 11.1 Å². The van der Waals surface area contributed by atoms with E-state index < -0.39 is 5.54 Å². The predicted octanol–water partition coefficient (Wildman–Crippen LogP) is -0.297. The molecule has 2 fully saturated rings. The lowest BCUT2D eigenvalue weighted by Gasteiger charge is -2.34. The van der Waals surface area contributed by atoms with Crippen molar-refractivity contribution in [2.45, 2.75) is 43.9 Å².